The van der Waals surface area contributed by atoms with Crippen molar-refractivity contribution < 1.29 is 9.90 Å². The number of ketones is 1. The van der Waals surface area contributed by atoms with E-state index in [4.69, 9.17) is 0 Å². The molecule has 0 radical (unpaired) electrons. The predicted molar refractivity (Wildman–Crippen MR) is 79.1 cm³/mol. The van der Waals surface area contributed by atoms with Gasteiger partial charge in [-0.3, -0.25) is 4.79 Å². The van der Waals surface area contributed by atoms with Crippen molar-refractivity contribution in [1.82, 2.24) is 25.2 Å². The quantitative estimate of drug-likeness (QED) is 0.425. The van der Waals surface area contributed by atoms with Crippen LogP contribution in [0.5, 0.6) is 0 Å². The van der Waals surface area contributed by atoms with Crippen molar-refractivity contribution in [3.63, 3.8) is 0 Å². The first-order valence-corrected chi connectivity index (χ1v) is 6.61. The number of tetrazole rings is 1. The van der Waals surface area contributed by atoms with Crippen molar-refractivity contribution in [2.75, 3.05) is 0 Å². The molecule has 0 atom stereocenters. The Hall–Kier alpha value is -3.22. The van der Waals surface area contributed by atoms with Gasteiger partial charge in [0.1, 0.15) is 5.76 Å². The molecule has 0 spiro atoms. The molecule has 0 aliphatic heterocycles. The molecule has 2 heterocycles. The first-order chi connectivity index (χ1) is 10.7. The molecular weight excluding hydrogens is 282 g/mol. The average molecular weight is 295 g/mol. The molecule has 0 bridgehead atoms. The van der Waals surface area contributed by atoms with E-state index in [2.05, 4.69) is 20.6 Å². The number of aromatic nitrogens is 5. The second kappa shape index (κ2) is 6.04. The van der Waals surface area contributed by atoms with E-state index in [9.17, 15) is 9.90 Å². The third-order valence-corrected chi connectivity index (χ3v) is 3.09. The number of benzene rings is 1. The van der Waals surface area contributed by atoms with Gasteiger partial charge in [0.2, 0.25) is 11.6 Å². The van der Waals surface area contributed by atoms with E-state index in [1.54, 1.807) is 12.3 Å². The van der Waals surface area contributed by atoms with Crippen molar-refractivity contribution in [2.45, 2.75) is 6.54 Å². The molecular formula is C15H13N5O2. The Labute approximate surface area is 125 Å². The van der Waals surface area contributed by atoms with Crippen LogP contribution < -0.4 is 0 Å². The SMILES string of the molecule is O=C(C=C(O)c1ccn(Cc2ccccc2)c1)c1nn[nH]n1. The molecule has 3 rings (SSSR count). The summed E-state index contributed by atoms with van der Waals surface area (Å²) >= 11 is 0. The third kappa shape index (κ3) is 3.09. The van der Waals surface area contributed by atoms with Gasteiger partial charge in [-0.1, -0.05) is 30.3 Å². The van der Waals surface area contributed by atoms with Crippen molar-refractivity contribution in [2.24, 2.45) is 0 Å². The summed E-state index contributed by atoms with van der Waals surface area (Å²) in [7, 11) is 0. The number of aliphatic hydroxyl groups excluding tert-OH is 1. The second-order valence-electron chi connectivity index (χ2n) is 4.69. The van der Waals surface area contributed by atoms with E-state index < -0.39 is 5.78 Å². The number of H-pyrrole nitrogens is 1. The Kier molecular flexibility index (Phi) is 3.78. The van der Waals surface area contributed by atoms with Gasteiger partial charge in [0.05, 0.1) is 0 Å². The fraction of sp³-hybridized carbons (Fsp3) is 0.0667. The lowest BCUT2D eigenvalue weighted by atomic mass is 10.2. The van der Waals surface area contributed by atoms with Gasteiger partial charge in [0.25, 0.3) is 0 Å². The predicted octanol–water partition coefficient (Wildman–Crippen LogP) is 1.83. The van der Waals surface area contributed by atoms with Gasteiger partial charge in [0.15, 0.2) is 0 Å². The monoisotopic (exact) mass is 295 g/mol. The number of aromatic amines is 1. The van der Waals surface area contributed by atoms with Crippen molar-refractivity contribution in [3.05, 3.63) is 71.8 Å². The van der Waals surface area contributed by atoms with Crippen LogP contribution in [0.25, 0.3) is 5.76 Å². The molecule has 0 amide bonds. The summed E-state index contributed by atoms with van der Waals surface area (Å²) in [4.78, 5) is 11.8. The minimum Gasteiger partial charge on any atom is -0.507 e. The second-order valence-corrected chi connectivity index (χ2v) is 4.69. The standard InChI is InChI=1S/C15H13N5O2/c21-13(8-14(22)15-16-18-19-17-15)12-6-7-20(10-12)9-11-4-2-1-3-5-11/h1-8,10,21H,9H2,(H,16,17,18,19). The lowest BCUT2D eigenvalue weighted by molar-refractivity contribution is 0.103. The van der Waals surface area contributed by atoms with Crippen LogP contribution in [0, 0.1) is 0 Å². The number of carbonyl (C=O) groups is 1. The maximum atomic E-state index is 11.8. The summed E-state index contributed by atoms with van der Waals surface area (Å²) in [6, 6.07) is 11.7. The zero-order valence-electron chi connectivity index (χ0n) is 11.5. The molecule has 0 fully saturated rings. The smallest absolute Gasteiger partial charge is 0.244 e. The van der Waals surface area contributed by atoms with Gasteiger partial charge in [-0.2, -0.15) is 5.21 Å². The van der Waals surface area contributed by atoms with E-state index in [0.29, 0.717) is 12.1 Å². The number of hydrogen-bond acceptors (Lipinski definition) is 5. The van der Waals surface area contributed by atoms with E-state index in [1.807, 2.05) is 41.1 Å². The summed E-state index contributed by atoms with van der Waals surface area (Å²) in [5.74, 6) is -0.737. The summed E-state index contributed by atoms with van der Waals surface area (Å²) in [6.45, 7) is 0.687. The highest BCUT2D eigenvalue weighted by atomic mass is 16.3. The first kappa shape index (κ1) is 13.7. The molecule has 7 heteroatoms. The van der Waals surface area contributed by atoms with E-state index >= 15 is 0 Å². The minimum atomic E-state index is -0.512. The van der Waals surface area contributed by atoms with Crippen molar-refractivity contribution in [1.29, 1.82) is 0 Å². The Morgan fingerprint density at radius 1 is 1.27 bits per heavy atom. The Balaban J connectivity index is 1.74. The van der Waals surface area contributed by atoms with Crippen LogP contribution in [0.4, 0.5) is 0 Å². The molecule has 22 heavy (non-hydrogen) atoms. The molecule has 0 saturated carbocycles. The molecule has 110 valence electrons. The van der Waals surface area contributed by atoms with Crippen LogP contribution >= 0.6 is 0 Å². The highest BCUT2D eigenvalue weighted by Crippen LogP contribution is 2.14. The van der Waals surface area contributed by atoms with Crippen LogP contribution in [0.3, 0.4) is 0 Å². The number of hydrogen-bond donors (Lipinski definition) is 2. The fourth-order valence-electron chi connectivity index (χ4n) is 2.02. The van der Waals surface area contributed by atoms with Gasteiger partial charge in [-0.25, -0.2) is 0 Å². The maximum absolute atomic E-state index is 11.8. The van der Waals surface area contributed by atoms with Gasteiger partial charge in [-0.05, 0) is 16.8 Å². The van der Waals surface area contributed by atoms with Crippen molar-refractivity contribution >= 4 is 11.5 Å². The number of rotatable bonds is 5. The number of aliphatic hydroxyl groups is 1. The van der Waals surface area contributed by atoms with Gasteiger partial charge < -0.3 is 9.67 Å². The molecule has 7 nitrogen and oxygen atoms in total. The zero-order valence-corrected chi connectivity index (χ0v) is 11.5. The van der Waals surface area contributed by atoms with Crippen LogP contribution in [-0.2, 0) is 6.54 Å². The van der Waals surface area contributed by atoms with E-state index in [1.165, 1.54) is 0 Å². The molecule has 0 unspecified atom stereocenters. The van der Waals surface area contributed by atoms with E-state index in [-0.39, 0.29) is 11.6 Å². The molecule has 0 aliphatic rings. The highest BCUT2D eigenvalue weighted by Gasteiger charge is 2.11. The highest BCUT2D eigenvalue weighted by molar-refractivity contribution is 6.05. The number of nitrogens with zero attached hydrogens (tertiary/aromatic N) is 4. The van der Waals surface area contributed by atoms with Crippen LogP contribution in [0.15, 0.2) is 54.9 Å². The lowest BCUT2D eigenvalue weighted by Gasteiger charge is -2.02. The number of nitrogens with one attached hydrogen (secondary N) is 1. The summed E-state index contributed by atoms with van der Waals surface area (Å²) in [6.07, 6.45) is 4.68. The normalized spacial score (nSPS) is 11.5. The summed E-state index contributed by atoms with van der Waals surface area (Å²) < 4.78 is 1.92. The summed E-state index contributed by atoms with van der Waals surface area (Å²) in [5.41, 5.74) is 1.70. The first-order valence-electron chi connectivity index (χ1n) is 6.61. The maximum Gasteiger partial charge on any atom is 0.244 e. The Morgan fingerprint density at radius 2 is 2.09 bits per heavy atom. The van der Waals surface area contributed by atoms with Crippen LogP contribution in [-0.4, -0.2) is 36.1 Å². The molecule has 2 aromatic heterocycles. The van der Waals surface area contributed by atoms with E-state index in [0.717, 1.165) is 11.6 Å². The number of carbonyl (C=O) groups excluding carboxylic acids is 1. The Bertz CT molecular complexity index is 790. The van der Waals surface area contributed by atoms with Gasteiger partial charge in [0, 0.05) is 30.6 Å². The molecule has 0 aliphatic carbocycles. The van der Waals surface area contributed by atoms with Crippen molar-refractivity contribution in [3.8, 4) is 0 Å². The number of allylic oxidation sites excluding steroid dienone is 1. The molecule has 0 saturated heterocycles. The van der Waals surface area contributed by atoms with Gasteiger partial charge in [-0.15, -0.1) is 10.2 Å². The summed E-state index contributed by atoms with van der Waals surface area (Å²) in [5, 5.41) is 22.6. The van der Waals surface area contributed by atoms with Crippen LogP contribution in [0.1, 0.15) is 21.7 Å². The molecule has 1 aromatic carbocycles. The lowest BCUT2D eigenvalue weighted by Crippen LogP contribution is -1.99. The fourth-order valence-corrected chi connectivity index (χ4v) is 2.02. The molecule has 2 N–H and O–H groups in total. The zero-order chi connectivity index (χ0) is 15.4. The minimum absolute atomic E-state index is 0.0877. The Morgan fingerprint density at radius 3 is 2.82 bits per heavy atom. The van der Waals surface area contributed by atoms with Crippen LogP contribution in [0.2, 0.25) is 0 Å². The average Bonchev–Trinajstić information content (AvgIpc) is 3.19. The third-order valence-electron chi connectivity index (χ3n) is 3.09. The molecule has 3 aromatic rings. The largest absolute Gasteiger partial charge is 0.507 e. The van der Waals surface area contributed by atoms with Gasteiger partial charge >= 0.3 is 0 Å². The topological polar surface area (TPSA) is 96.7 Å².